The second-order valence-corrected chi connectivity index (χ2v) is 7.38. The highest BCUT2D eigenvalue weighted by Gasteiger charge is 2.17. The Morgan fingerprint density at radius 2 is 2.00 bits per heavy atom. The summed E-state index contributed by atoms with van der Waals surface area (Å²) in [4.78, 5) is 19.8. The Morgan fingerprint density at radius 3 is 2.68 bits per heavy atom. The summed E-state index contributed by atoms with van der Waals surface area (Å²) in [7, 11) is 5.03. The topological polar surface area (TPSA) is 64.8 Å². The van der Waals surface area contributed by atoms with Gasteiger partial charge in [0.1, 0.15) is 5.76 Å². The van der Waals surface area contributed by atoms with E-state index in [-0.39, 0.29) is 12.3 Å². The summed E-state index contributed by atoms with van der Waals surface area (Å²) in [6.07, 6.45) is 0.948. The fourth-order valence-electron chi connectivity index (χ4n) is 2.83. The highest BCUT2D eigenvalue weighted by Crippen LogP contribution is 2.28. The van der Waals surface area contributed by atoms with Gasteiger partial charge < -0.3 is 18.8 Å². The second-order valence-electron chi connectivity index (χ2n) is 6.43. The van der Waals surface area contributed by atoms with Crippen LogP contribution in [0.1, 0.15) is 17.0 Å². The fourth-order valence-corrected chi connectivity index (χ4v) is 3.48. The van der Waals surface area contributed by atoms with Gasteiger partial charge in [-0.15, -0.1) is 11.3 Å². The number of hydrogen-bond acceptors (Lipinski definition) is 6. The van der Waals surface area contributed by atoms with Gasteiger partial charge in [0, 0.05) is 13.6 Å². The molecule has 0 saturated carbocycles. The normalized spacial score (nSPS) is 10.7. The summed E-state index contributed by atoms with van der Waals surface area (Å²) >= 11 is 1.56. The van der Waals surface area contributed by atoms with Crippen LogP contribution in [-0.4, -0.2) is 43.6 Å². The van der Waals surface area contributed by atoms with E-state index < -0.39 is 0 Å². The third-order valence-corrected chi connectivity index (χ3v) is 5.41. The SMILES string of the molecule is COc1ccc(CCN(C)C(=O)Cc2nc(-c3cccs3)oc2C)cc1OC. The Morgan fingerprint density at radius 1 is 1.21 bits per heavy atom. The van der Waals surface area contributed by atoms with Gasteiger partial charge in [0.05, 0.1) is 31.2 Å². The number of carbonyl (C=O) groups excluding carboxylic acids is 1. The maximum atomic E-state index is 12.6. The molecule has 0 saturated heterocycles. The minimum Gasteiger partial charge on any atom is -0.493 e. The molecule has 0 atom stereocenters. The maximum absolute atomic E-state index is 12.6. The van der Waals surface area contributed by atoms with Crippen LogP contribution in [0.15, 0.2) is 40.1 Å². The van der Waals surface area contributed by atoms with Crippen LogP contribution in [0, 0.1) is 6.92 Å². The lowest BCUT2D eigenvalue weighted by Gasteiger charge is -2.17. The third kappa shape index (κ3) is 4.54. The van der Waals surface area contributed by atoms with Gasteiger partial charge in [0.2, 0.25) is 11.8 Å². The van der Waals surface area contributed by atoms with Crippen LogP contribution in [0.2, 0.25) is 0 Å². The van der Waals surface area contributed by atoms with Crippen LogP contribution < -0.4 is 9.47 Å². The van der Waals surface area contributed by atoms with Crippen molar-refractivity contribution in [1.29, 1.82) is 0 Å². The Bertz CT molecular complexity index is 934. The van der Waals surface area contributed by atoms with Crippen molar-refractivity contribution in [2.24, 2.45) is 0 Å². The number of oxazole rings is 1. The molecule has 0 aliphatic heterocycles. The molecule has 6 nitrogen and oxygen atoms in total. The minimum absolute atomic E-state index is 0.00889. The molecule has 2 aromatic heterocycles. The molecule has 28 heavy (non-hydrogen) atoms. The molecule has 7 heteroatoms. The van der Waals surface area contributed by atoms with Crippen LogP contribution in [0.3, 0.4) is 0 Å². The van der Waals surface area contributed by atoms with E-state index in [1.165, 1.54) is 0 Å². The van der Waals surface area contributed by atoms with E-state index >= 15 is 0 Å². The van der Waals surface area contributed by atoms with Crippen molar-refractivity contribution in [3.63, 3.8) is 0 Å². The number of aromatic nitrogens is 1. The average molecular weight is 401 g/mol. The summed E-state index contributed by atoms with van der Waals surface area (Å²) in [6, 6.07) is 9.70. The monoisotopic (exact) mass is 400 g/mol. The number of nitrogens with zero attached hydrogens (tertiary/aromatic N) is 2. The van der Waals surface area contributed by atoms with E-state index in [2.05, 4.69) is 4.98 Å². The molecule has 0 unspecified atom stereocenters. The summed E-state index contributed by atoms with van der Waals surface area (Å²) < 4.78 is 16.3. The number of methoxy groups -OCH3 is 2. The van der Waals surface area contributed by atoms with Crippen molar-refractivity contribution in [3.8, 4) is 22.3 Å². The Labute approximate surface area is 168 Å². The molecule has 0 aliphatic carbocycles. The molecule has 0 aliphatic rings. The number of carbonyl (C=O) groups is 1. The molecular formula is C21H24N2O4S. The maximum Gasteiger partial charge on any atom is 0.236 e. The quantitative estimate of drug-likeness (QED) is 0.572. The summed E-state index contributed by atoms with van der Waals surface area (Å²) in [5, 5.41) is 1.97. The van der Waals surface area contributed by atoms with E-state index in [9.17, 15) is 4.79 Å². The van der Waals surface area contributed by atoms with Gasteiger partial charge in [-0.2, -0.15) is 0 Å². The fraction of sp³-hybridized carbons (Fsp3) is 0.333. The summed E-state index contributed by atoms with van der Waals surface area (Å²) in [6.45, 7) is 2.44. The molecule has 0 fully saturated rings. The first-order chi connectivity index (χ1) is 13.5. The number of hydrogen-bond donors (Lipinski definition) is 0. The summed E-state index contributed by atoms with van der Waals surface area (Å²) in [5.41, 5.74) is 1.77. The van der Waals surface area contributed by atoms with E-state index in [0.717, 1.165) is 16.9 Å². The van der Waals surface area contributed by atoms with Crippen molar-refractivity contribution in [2.45, 2.75) is 19.8 Å². The zero-order valence-electron chi connectivity index (χ0n) is 16.5. The van der Waals surface area contributed by atoms with Crippen molar-refractivity contribution < 1.29 is 18.7 Å². The summed E-state index contributed by atoms with van der Waals surface area (Å²) in [5.74, 6) is 2.65. The predicted octanol–water partition coefficient (Wildman–Crippen LogP) is 3.97. The van der Waals surface area contributed by atoms with Crippen LogP contribution >= 0.6 is 11.3 Å². The van der Waals surface area contributed by atoms with Gasteiger partial charge >= 0.3 is 0 Å². The molecule has 1 aromatic carbocycles. The van der Waals surface area contributed by atoms with Crippen molar-refractivity contribution >= 4 is 17.2 Å². The van der Waals surface area contributed by atoms with Gasteiger partial charge in [-0.1, -0.05) is 12.1 Å². The molecule has 148 valence electrons. The zero-order chi connectivity index (χ0) is 20.1. The van der Waals surface area contributed by atoms with Gasteiger partial charge in [0.15, 0.2) is 11.5 Å². The molecule has 0 bridgehead atoms. The number of thiophene rings is 1. The van der Waals surface area contributed by atoms with Crippen LogP contribution in [-0.2, 0) is 17.6 Å². The minimum atomic E-state index is 0.00889. The highest BCUT2D eigenvalue weighted by atomic mass is 32.1. The number of ether oxygens (including phenoxy) is 2. The molecule has 2 heterocycles. The van der Waals surface area contributed by atoms with Crippen molar-refractivity contribution in [1.82, 2.24) is 9.88 Å². The Hall–Kier alpha value is -2.80. The van der Waals surface area contributed by atoms with Crippen LogP contribution in [0.5, 0.6) is 11.5 Å². The number of amides is 1. The number of benzene rings is 1. The Kier molecular flexibility index (Phi) is 6.36. The number of aryl methyl sites for hydroxylation is 1. The molecule has 0 radical (unpaired) electrons. The number of likely N-dealkylation sites (N-methyl/N-ethyl adjacent to an activating group) is 1. The number of rotatable bonds is 8. The lowest BCUT2D eigenvalue weighted by Crippen LogP contribution is -2.30. The van der Waals surface area contributed by atoms with E-state index in [1.807, 2.05) is 42.6 Å². The van der Waals surface area contributed by atoms with Gasteiger partial charge in [-0.05, 0) is 42.5 Å². The highest BCUT2D eigenvalue weighted by molar-refractivity contribution is 7.13. The predicted molar refractivity (Wildman–Crippen MR) is 109 cm³/mol. The first kappa shape index (κ1) is 19.9. The first-order valence-electron chi connectivity index (χ1n) is 8.97. The lowest BCUT2D eigenvalue weighted by atomic mass is 10.1. The van der Waals surface area contributed by atoms with Crippen LogP contribution in [0.4, 0.5) is 0 Å². The molecular weight excluding hydrogens is 376 g/mol. The van der Waals surface area contributed by atoms with E-state index in [0.29, 0.717) is 35.4 Å². The molecule has 0 spiro atoms. The standard InChI is InChI=1S/C21H24N2O4S/c1-14-16(22-21(27-14)19-6-5-11-28-19)13-20(24)23(2)10-9-15-7-8-17(25-3)18(12-15)26-4/h5-8,11-12H,9-10,13H2,1-4H3. The molecule has 1 amide bonds. The van der Waals surface area contributed by atoms with Gasteiger partial charge in [-0.3, -0.25) is 4.79 Å². The van der Waals surface area contributed by atoms with Gasteiger partial charge in [0.25, 0.3) is 0 Å². The third-order valence-electron chi connectivity index (χ3n) is 4.55. The van der Waals surface area contributed by atoms with Crippen molar-refractivity contribution in [2.75, 3.05) is 27.8 Å². The van der Waals surface area contributed by atoms with Gasteiger partial charge in [-0.25, -0.2) is 4.98 Å². The van der Waals surface area contributed by atoms with Crippen LogP contribution in [0.25, 0.3) is 10.8 Å². The zero-order valence-corrected chi connectivity index (χ0v) is 17.3. The largest absolute Gasteiger partial charge is 0.493 e. The lowest BCUT2D eigenvalue weighted by molar-refractivity contribution is -0.129. The molecule has 3 aromatic rings. The van der Waals surface area contributed by atoms with E-state index in [1.54, 1.807) is 37.5 Å². The Balaban J connectivity index is 1.59. The second kappa shape index (κ2) is 8.93. The smallest absolute Gasteiger partial charge is 0.236 e. The molecule has 0 N–H and O–H groups in total. The van der Waals surface area contributed by atoms with E-state index in [4.69, 9.17) is 13.9 Å². The molecule has 3 rings (SSSR count). The average Bonchev–Trinajstić information content (AvgIpc) is 3.36. The first-order valence-corrected chi connectivity index (χ1v) is 9.84. The van der Waals surface area contributed by atoms with Crippen molar-refractivity contribution in [3.05, 3.63) is 52.7 Å².